The van der Waals surface area contributed by atoms with Crippen molar-refractivity contribution in [3.63, 3.8) is 0 Å². The Labute approximate surface area is 253 Å². The second-order valence-corrected chi connectivity index (χ2v) is 13.8. The first kappa shape index (κ1) is 31.0. The summed E-state index contributed by atoms with van der Waals surface area (Å²) in [6, 6.07) is 24.3. The second kappa shape index (κ2) is 11.8. The van der Waals surface area contributed by atoms with Crippen LogP contribution in [0.2, 0.25) is 0 Å². The molecular formula is C38H48N2O2. The van der Waals surface area contributed by atoms with Crippen LogP contribution in [0.3, 0.4) is 0 Å². The van der Waals surface area contributed by atoms with Crippen molar-refractivity contribution >= 4 is 11.4 Å². The first-order valence-electron chi connectivity index (χ1n) is 14.9. The van der Waals surface area contributed by atoms with E-state index >= 15 is 0 Å². The van der Waals surface area contributed by atoms with Crippen molar-refractivity contribution in [2.24, 2.45) is 0 Å². The van der Waals surface area contributed by atoms with Crippen LogP contribution in [0.15, 0.2) is 72.8 Å². The maximum Gasteiger partial charge on any atom is 0.131 e. The van der Waals surface area contributed by atoms with E-state index in [1.807, 2.05) is 48.5 Å². The zero-order chi connectivity index (χ0) is 31.0. The minimum atomic E-state index is -0.0923. The van der Waals surface area contributed by atoms with Crippen LogP contribution in [0.4, 0.5) is 11.4 Å². The summed E-state index contributed by atoms with van der Waals surface area (Å²) < 4.78 is 12.8. The van der Waals surface area contributed by atoms with Crippen molar-refractivity contribution < 1.29 is 9.47 Å². The van der Waals surface area contributed by atoms with E-state index in [-0.39, 0.29) is 22.7 Å². The standard InChI is InChI=1S/C38H48N2O2/c1-23-19-35(41-29-15-11-27(39)12-16-29)33(37(5,6)7)21-31(23)25(3)26(4)32-22-34(38(8,9)10)36(20-24(32)2)42-30-17-13-28(40)14-18-30/h11-22,25-26H,39-40H2,1-10H3. The lowest BCUT2D eigenvalue weighted by molar-refractivity contribution is 0.451. The first-order valence-corrected chi connectivity index (χ1v) is 14.9. The quantitative estimate of drug-likeness (QED) is 0.219. The average molecular weight is 565 g/mol. The van der Waals surface area contributed by atoms with Crippen molar-refractivity contribution in [1.82, 2.24) is 0 Å². The molecule has 0 saturated heterocycles. The monoisotopic (exact) mass is 564 g/mol. The van der Waals surface area contributed by atoms with Gasteiger partial charge in [0.2, 0.25) is 0 Å². The number of hydrogen-bond donors (Lipinski definition) is 2. The van der Waals surface area contributed by atoms with E-state index in [4.69, 9.17) is 20.9 Å². The molecule has 42 heavy (non-hydrogen) atoms. The number of benzene rings is 4. The van der Waals surface area contributed by atoms with Crippen LogP contribution in [0.25, 0.3) is 0 Å². The Morgan fingerprint density at radius 2 is 0.833 bits per heavy atom. The van der Waals surface area contributed by atoms with Gasteiger partial charge in [-0.3, -0.25) is 0 Å². The molecule has 4 rings (SSSR count). The molecule has 4 aromatic carbocycles. The van der Waals surface area contributed by atoms with Gasteiger partial charge in [0.05, 0.1) is 0 Å². The van der Waals surface area contributed by atoms with Gasteiger partial charge in [-0.1, -0.05) is 67.5 Å². The highest BCUT2D eigenvalue weighted by molar-refractivity contribution is 5.53. The third kappa shape index (κ3) is 6.92. The Bertz CT molecular complexity index is 1420. The van der Waals surface area contributed by atoms with Crippen LogP contribution in [0, 0.1) is 13.8 Å². The van der Waals surface area contributed by atoms with Gasteiger partial charge in [-0.15, -0.1) is 0 Å². The van der Waals surface area contributed by atoms with Crippen LogP contribution in [0.1, 0.15) is 101 Å². The fourth-order valence-electron chi connectivity index (χ4n) is 5.58. The molecule has 4 N–H and O–H groups in total. The minimum Gasteiger partial charge on any atom is -0.457 e. The third-order valence-electron chi connectivity index (χ3n) is 8.30. The van der Waals surface area contributed by atoms with Gasteiger partial charge in [0.25, 0.3) is 0 Å². The van der Waals surface area contributed by atoms with Gasteiger partial charge in [0.15, 0.2) is 0 Å². The summed E-state index contributed by atoms with van der Waals surface area (Å²) in [5, 5.41) is 0. The molecule has 0 aliphatic carbocycles. The Morgan fingerprint density at radius 3 is 1.12 bits per heavy atom. The largest absolute Gasteiger partial charge is 0.457 e. The molecule has 0 spiro atoms. The lowest BCUT2D eigenvalue weighted by Crippen LogP contribution is -2.17. The Kier molecular flexibility index (Phi) is 8.68. The van der Waals surface area contributed by atoms with Crippen LogP contribution in [-0.2, 0) is 10.8 Å². The summed E-state index contributed by atoms with van der Waals surface area (Å²) in [5.74, 6) is 3.93. The highest BCUT2D eigenvalue weighted by Gasteiger charge is 2.28. The van der Waals surface area contributed by atoms with Gasteiger partial charge in [-0.05, 0) is 119 Å². The van der Waals surface area contributed by atoms with Crippen molar-refractivity contribution in [2.45, 2.75) is 91.9 Å². The van der Waals surface area contributed by atoms with E-state index in [1.54, 1.807) is 0 Å². The lowest BCUT2D eigenvalue weighted by Gasteiger charge is -2.30. The predicted molar refractivity (Wildman–Crippen MR) is 178 cm³/mol. The summed E-state index contributed by atoms with van der Waals surface area (Å²) in [6.45, 7) is 22.5. The number of rotatable bonds is 7. The van der Waals surface area contributed by atoms with E-state index in [0.717, 1.165) is 34.4 Å². The molecule has 0 aliphatic rings. The van der Waals surface area contributed by atoms with Gasteiger partial charge in [-0.2, -0.15) is 0 Å². The van der Waals surface area contributed by atoms with Crippen molar-refractivity contribution in [1.29, 1.82) is 0 Å². The zero-order valence-corrected chi connectivity index (χ0v) is 27.1. The first-order chi connectivity index (χ1) is 19.5. The normalized spacial score (nSPS) is 13.5. The molecule has 2 unspecified atom stereocenters. The maximum absolute atomic E-state index is 6.42. The number of aryl methyl sites for hydroxylation is 2. The molecule has 0 aliphatic heterocycles. The summed E-state index contributed by atoms with van der Waals surface area (Å²) in [6.07, 6.45) is 0. The van der Waals surface area contributed by atoms with E-state index in [2.05, 4.69) is 93.5 Å². The molecule has 0 bridgehead atoms. The van der Waals surface area contributed by atoms with Crippen molar-refractivity contribution in [3.8, 4) is 23.0 Å². The number of nitrogens with two attached hydrogens (primary N) is 2. The molecule has 0 aromatic heterocycles. The highest BCUT2D eigenvalue weighted by Crippen LogP contribution is 2.44. The molecule has 2 atom stereocenters. The summed E-state index contributed by atoms with van der Waals surface area (Å²) >= 11 is 0. The minimum absolute atomic E-state index is 0.0923. The number of nitrogen functional groups attached to an aromatic ring is 2. The SMILES string of the molecule is Cc1cc(Oc2ccc(N)cc2)c(C(C)(C)C)cc1C(C)C(C)c1cc(C(C)(C)C)c(Oc2ccc(N)cc2)cc1C. The summed E-state index contributed by atoms with van der Waals surface area (Å²) in [7, 11) is 0. The Hall–Kier alpha value is -3.92. The van der Waals surface area contributed by atoms with E-state index < -0.39 is 0 Å². The Morgan fingerprint density at radius 1 is 0.524 bits per heavy atom. The summed E-state index contributed by atoms with van der Waals surface area (Å²) in [4.78, 5) is 0. The molecule has 0 heterocycles. The van der Waals surface area contributed by atoms with Gasteiger partial charge in [-0.25, -0.2) is 0 Å². The molecule has 0 amide bonds. The maximum atomic E-state index is 6.42. The van der Waals surface area contributed by atoms with Crippen molar-refractivity contribution in [2.75, 3.05) is 11.5 Å². The average Bonchev–Trinajstić information content (AvgIpc) is 2.89. The molecule has 0 saturated carbocycles. The third-order valence-corrected chi connectivity index (χ3v) is 8.30. The topological polar surface area (TPSA) is 70.5 Å². The number of ether oxygens (including phenoxy) is 2. The van der Waals surface area contributed by atoms with E-state index in [9.17, 15) is 0 Å². The molecule has 4 aromatic rings. The molecule has 4 heteroatoms. The van der Waals surface area contributed by atoms with E-state index in [1.165, 1.54) is 33.4 Å². The van der Waals surface area contributed by atoms with Gasteiger partial charge >= 0.3 is 0 Å². The van der Waals surface area contributed by atoms with Crippen LogP contribution in [0.5, 0.6) is 23.0 Å². The smallest absolute Gasteiger partial charge is 0.131 e. The Balaban J connectivity index is 1.72. The molecular weight excluding hydrogens is 516 g/mol. The zero-order valence-electron chi connectivity index (χ0n) is 27.1. The number of anilines is 2. The van der Waals surface area contributed by atoms with Gasteiger partial charge in [0, 0.05) is 22.5 Å². The molecule has 0 radical (unpaired) electrons. The molecule has 4 nitrogen and oxygen atoms in total. The van der Waals surface area contributed by atoms with Crippen LogP contribution >= 0.6 is 0 Å². The molecule has 0 fully saturated rings. The van der Waals surface area contributed by atoms with Gasteiger partial charge in [0.1, 0.15) is 23.0 Å². The molecule has 222 valence electrons. The second-order valence-electron chi connectivity index (χ2n) is 13.8. The fourth-order valence-corrected chi connectivity index (χ4v) is 5.58. The lowest BCUT2D eigenvalue weighted by atomic mass is 9.76. The van der Waals surface area contributed by atoms with Crippen molar-refractivity contribution in [3.05, 3.63) is 106 Å². The number of hydrogen-bond acceptors (Lipinski definition) is 4. The fraction of sp³-hybridized carbons (Fsp3) is 0.368. The predicted octanol–water partition coefficient (Wildman–Crippen LogP) is 10.6. The van der Waals surface area contributed by atoms with Crippen LogP contribution < -0.4 is 20.9 Å². The highest BCUT2D eigenvalue weighted by atomic mass is 16.5. The van der Waals surface area contributed by atoms with E-state index in [0.29, 0.717) is 0 Å². The van der Waals surface area contributed by atoms with Gasteiger partial charge < -0.3 is 20.9 Å². The van der Waals surface area contributed by atoms with Crippen LogP contribution in [-0.4, -0.2) is 0 Å². The summed E-state index contributed by atoms with van der Waals surface area (Å²) in [5.41, 5.74) is 20.6.